The van der Waals surface area contributed by atoms with Crippen LogP contribution in [0.3, 0.4) is 0 Å². The minimum Gasteiger partial charge on any atom is -0.467 e. The summed E-state index contributed by atoms with van der Waals surface area (Å²) in [7, 11) is 1.93. The molecule has 8 heteroatoms. The van der Waals surface area contributed by atoms with Crippen molar-refractivity contribution in [3.63, 3.8) is 0 Å². The number of benzene rings is 1. The van der Waals surface area contributed by atoms with E-state index in [1.165, 1.54) is 22.2 Å². The lowest BCUT2D eigenvalue weighted by atomic mass is 10.0. The summed E-state index contributed by atoms with van der Waals surface area (Å²) in [5, 5.41) is 14.4. The van der Waals surface area contributed by atoms with Crippen molar-refractivity contribution in [3.05, 3.63) is 64.7 Å². The van der Waals surface area contributed by atoms with Crippen LogP contribution in [0.15, 0.2) is 63.7 Å². The Morgan fingerprint density at radius 2 is 2.03 bits per heavy atom. The number of nitrogens with one attached hydrogen (secondary N) is 1. The highest BCUT2D eigenvalue weighted by atomic mass is 32.2. The molecule has 0 unspecified atom stereocenters. The number of thiophene rings is 1. The number of hydrogen-bond donors (Lipinski definition) is 1. The fraction of sp³-hybridized carbons (Fsp3) is 0.190. The van der Waals surface area contributed by atoms with Gasteiger partial charge in [-0.05, 0) is 24.6 Å². The Kier molecular flexibility index (Phi) is 5.82. The molecule has 4 aromatic rings. The van der Waals surface area contributed by atoms with Crippen LogP contribution < -0.4 is 5.32 Å². The zero-order chi connectivity index (χ0) is 20.2. The molecule has 148 valence electrons. The minimum atomic E-state index is -0.0766. The fourth-order valence-electron chi connectivity index (χ4n) is 3.04. The van der Waals surface area contributed by atoms with Crippen LogP contribution in [0, 0.1) is 6.92 Å². The van der Waals surface area contributed by atoms with Crippen LogP contribution in [0.2, 0.25) is 0 Å². The maximum atomic E-state index is 12.1. The number of nitrogens with zero attached hydrogens (tertiary/aromatic N) is 3. The maximum Gasteiger partial charge on any atom is 0.230 e. The second-order valence-electron chi connectivity index (χ2n) is 6.46. The van der Waals surface area contributed by atoms with Gasteiger partial charge in [0.2, 0.25) is 5.91 Å². The molecular formula is C21H20N4O2S2. The molecule has 1 N–H and O–H groups in total. The maximum absolute atomic E-state index is 12.1. The van der Waals surface area contributed by atoms with Gasteiger partial charge in [0, 0.05) is 28.4 Å². The lowest BCUT2D eigenvalue weighted by Crippen LogP contribution is -2.24. The molecule has 29 heavy (non-hydrogen) atoms. The molecule has 3 aromatic heterocycles. The second kappa shape index (κ2) is 8.67. The third kappa shape index (κ3) is 4.28. The minimum absolute atomic E-state index is 0.0766. The van der Waals surface area contributed by atoms with Gasteiger partial charge in [0.15, 0.2) is 11.0 Å². The third-order valence-electron chi connectivity index (χ3n) is 4.49. The molecule has 0 saturated carbocycles. The van der Waals surface area contributed by atoms with E-state index in [9.17, 15) is 4.79 Å². The van der Waals surface area contributed by atoms with E-state index in [1.807, 2.05) is 35.9 Å². The van der Waals surface area contributed by atoms with Crippen molar-refractivity contribution in [1.29, 1.82) is 0 Å². The van der Waals surface area contributed by atoms with E-state index in [1.54, 1.807) is 23.7 Å². The molecular weight excluding hydrogens is 404 g/mol. The number of carbonyl (C=O) groups excluding carboxylic acids is 1. The number of hydrogen-bond acceptors (Lipinski definition) is 6. The van der Waals surface area contributed by atoms with Crippen molar-refractivity contribution in [2.75, 3.05) is 5.75 Å². The Labute approximate surface area is 177 Å². The van der Waals surface area contributed by atoms with Crippen molar-refractivity contribution in [3.8, 4) is 22.5 Å². The standard InChI is InChI=1S/C21H20N4O2S2/c1-14-19(15-7-4-3-5-8-15)17(12-28-14)20-23-24-21(25(20)2)29-13-18(26)22-11-16-9-6-10-27-16/h3-10,12H,11,13H2,1-2H3,(H,22,26). The largest absolute Gasteiger partial charge is 0.467 e. The van der Waals surface area contributed by atoms with Crippen LogP contribution in [0.1, 0.15) is 10.6 Å². The summed E-state index contributed by atoms with van der Waals surface area (Å²) in [5.74, 6) is 1.71. The number of furan rings is 1. The summed E-state index contributed by atoms with van der Waals surface area (Å²) in [5.41, 5.74) is 3.40. The van der Waals surface area contributed by atoms with Gasteiger partial charge in [-0.25, -0.2) is 0 Å². The summed E-state index contributed by atoms with van der Waals surface area (Å²) < 4.78 is 7.16. The van der Waals surface area contributed by atoms with Gasteiger partial charge >= 0.3 is 0 Å². The number of rotatable bonds is 7. The van der Waals surface area contributed by atoms with E-state index >= 15 is 0 Å². The molecule has 1 amide bonds. The molecule has 3 heterocycles. The topological polar surface area (TPSA) is 73.0 Å². The average Bonchev–Trinajstić information content (AvgIpc) is 3.46. The summed E-state index contributed by atoms with van der Waals surface area (Å²) in [6, 6.07) is 13.9. The lowest BCUT2D eigenvalue weighted by molar-refractivity contribution is -0.118. The molecule has 0 aliphatic carbocycles. The molecule has 0 aliphatic heterocycles. The van der Waals surface area contributed by atoms with E-state index in [0.29, 0.717) is 11.7 Å². The lowest BCUT2D eigenvalue weighted by Gasteiger charge is -2.07. The molecule has 4 rings (SSSR count). The van der Waals surface area contributed by atoms with Crippen LogP contribution in [-0.2, 0) is 18.4 Å². The number of thioether (sulfide) groups is 1. The summed E-state index contributed by atoms with van der Waals surface area (Å²) >= 11 is 3.07. The quantitative estimate of drug-likeness (QED) is 0.442. The molecule has 0 aliphatic rings. The Hall–Kier alpha value is -2.84. The fourth-order valence-corrected chi connectivity index (χ4v) is 4.64. The van der Waals surface area contributed by atoms with E-state index in [2.05, 4.69) is 40.0 Å². The van der Waals surface area contributed by atoms with Crippen molar-refractivity contribution in [1.82, 2.24) is 20.1 Å². The van der Waals surface area contributed by atoms with E-state index in [4.69, 9.17) is 4.42 Å². The highest BCUT2D eigenvalue weighted by Gasteiger charge is 2.19. The molecule has 1 aromatic carbocycles. The van der Waals surface area contributed by atoms with Gasteiger partial charge in [-0.15, -0.1) is 21.5 Å². The van der Waals surface area contributed by atoms with Gasteiger partial charge in [-0.3, -0.25) is 4.79 Å². The van der Waals surface area contributed by atoms with Crippen LogP contribution in [0.5, 0.6) is 0 Å². The SMILES string of the molecule is Cc1scc(-c2nnc(SCC(=O)NCc3ccco3)n2C)c1-c1ccccc1. The Bertz CT molecular complexity index is 1100. The summed E-state index contributed by atoms with van der Waals surface area (Å²) in [6.45, 7) is 2.50. The van der Waals surface area contributed by atoms with Gasteiger partial charge in [0.25, 0.3) is 0 Å². The number of aryl methyl sites for hydroxylation is 1. The van der Waals surface area contributed by atoms with Gasteiger partial charge in [0.1, 0.15) is 5.76 Å². The zero-order valence-corrected chi connectivity index (χ0v) is 17.7. The van der Waals surface area contributed by atoms with Gasteiger partial charge in [-0.2, -0.15) is 0 Å². The Morgan fingerprint density at radius 3 is 2.79 bits per heavy atom. The molecule has 0 radical (unpaired) electrons. The van der Waals surface area contributed by atoms with E-state index < -0.39 is 0 Å². The molecule has 0 fully saturated rings. The molecule has 6 nitrogen and oxygen atoms in total. The third-order valence-corrected chi connectivity index (χ3v) is 6.42. The monoisotopic (exact) mass is 424 g/mol. The van der Waals surface area contributed by atoms with Crippen molar-refractivity contribution in [2.45, 2.75) is 18.6 Å². The summed E-state index contributed by atoms with van der Waals surface area (Å²) in [6.07, 6.45) is 1.59. The predicted molar refractivity (Wildman–Crippen MR) is 116 cm³/mol. The average molecular weight is 425 g/mol. The number of aromatic nitrogens is 3. The highest BCUT2D eigenvalue weighted by molar-refractivity contribution is 7.99. The van der Waals surface area contributed by atoms with Gasteiger partial charge in [0.05, 0.1) is 18.6 Å². The molecule has 0 atom stereocenters. The van der Waals surface area contributed by atoms with E-state index in [0.717, 1.165) is 22.7 Å². The smallest absolute Gasteiger partial charge is 0.230 e. The first-order chi connectivity index (χ1) is 14.1. The normalized spacial score (nSPS) is 11.0. The number of carbonyl (C=O) groups is 1. The Balaban J connectivity index is 1.48. The van der Waals surface area contributed by atoms with Crippen molar-refractivity contribution in [2.24, 2.45) is 7.05 Å². The first-order valence-electron chi connectivity index (χ1n) is 9.08. The molecule has 0 spiro atoms. The van der Waals surface area contributed by atoms with Crippen LogP contribution in [0.25, 0.3) is 22.5 Å². The van der Waals surface area contributed by atoms with Crippen LogP contribution in [0.4, 0.5) is 0 Å². The number of amides is 1. The first-order valence-corrected chi connectivity index (χ1v) is 10.9. The van der Waals surface area contributed by atoms with Crippen LogP contribution in [-0.4, -0.2) is 26.4 Å². The van der Waals surface area contributed by atoms with E-state index in [-0.39, 0.29) is 11.7 Å². The summed E-state index contributed by atoms with van der Waals surface area (Å²) in [4.78, 5) is 13.3. The molecule has 0 saturated heterocycles. The second-order valence-corrected chi connectivity index (χ2v) is 8.48. The zero-order valence-electron chi connectivity index (χ0n) is 16.1. The Morgan fingerprint density at radius 1 is 1.21 bits per heavy atom. The molecule has 0 bridgehead atoms. The van der Waals surface area contributed by atoms with Crippen molar-refractivity contribution < 1.29 is 9.21 Å². The van der Waals surface area contributed by atoms with Gasteiger partial charge in [-0.1, -0.05) is 42.1 Å². The van der Waals surface area contributed by atoms with Crippen LogP contribution >= 0.6 is 23.1 Å². The predicted octanol–water partition coefficient (Wildman–Crippen LogP) is 4.52. The first kappa shape index (κ1) is 19.5. The van der Waals surface area contributed by atoms with Crippen molar-refractivity contribution >= 4 is 29.0 Å². The highest BCUT2D eigenvalue weighted by Crippen LogP contribution is 2.38. The van der Waals surface area contributed by atoms with Gasteiger partial charge < -0.3 is 14.3 Å².